The summed E-state index contributed by atoms with van der Waals surface area (Å²) in [4.78, 5) is 24.7. The third-order valence-electron chi connectivity index (χ3n) is 3.97. The molecule has 0 spiro atoms. The summed E-state index contributed by atoms with van der Waals surface area (Å²) in [5.74, 6) is 5.43. The Morgan fingerprint density at radius 1 is 1.15 bits per heavy atom. The first-order valence-electron chi connectivity index (χ1n) is 8.73. The molecule has 27 heavy (non-hydrogen) atoms. The summed E-state index contributed by atoms with van der Waals surface area (Å²) in [7, 11) is 0. The average molecular weight is 378 g/mol. The van der Waals surface area contributed by atoms with Gasteiger partial charge in [0.25, 0.3) is 5.91 Å². The monoisotopic (exact) mass is 378 g/mol. The fraction of sp³-hybridized carbons (Fsp3) is 0.444. The second-order valence-electron chi connectivity index (χ2n) is 5.95. The highest BCUT2D eigenvalue weighted by molar-refractivity contribution is 6.07. The van der Waals surface area contributed by atoms with Crippen molar-refractivity contribution in [2.24, 2.45) is 11.6 Å². The highest BCUT2D eigenvalue weighted by Crippen LogP contribution is 2.16. The van der Waals surface area contributed by atoms with Gasteiger partial charge in [-0.1, -0.05) is 12.1 Å². The maximum absolute atomic E-state index is 12.1. The third kappa shape index (κ3) is 6.33. The molecule has 0 bridgehead atoms. The topological polar surface area (TPSA) is 131 Å². The van der Waals surface area contributed by atoms with Gasteiger partial charge in [0.15, 0.2) is 0 Å². The largest absolute Gasteiger partial charge is 0.397 e. The molecule has 1 aliphatic heterocycles. The number of carbonyl (C=O) groups is 2. The van der Waals surface area contributed by atoms with E-state index in [4.69, 9.17) is 26.2 Å². The van der Waals surface area contributed by atoms with E-state index in [1.165, 1.54) is 9.91 Å². The number of hydrogen-bond donors (Lipinski definition) is 3. The Hall–Kier alpha value is -2.46. The van der Waals surface area contributed by atoms with E-state index in [9.17, 15) is 9.59 Å². The Morgan fingerprint density at radius 2 is 1.78 bits per heavy atom. The number of aliphatic hydroxyl groups excluding tert-OH is 1. The SMILES string of the molecule is N/C(=C\N(N)CCOCCOCCO)c1ccc(C(=O)N2CCC2=O)cc1. The number of rotatable bonds is 11. The molecule has 0 unspecified atom stereocenters. The summed E-state index contributed by atoms with van der Waals surface area (Å²) in [6.07, 6.45) is 2.01. The van der Waals surface area contributed by atoms with Crippen LogP contribution in [0.1, 0.15) is 22.3 Å². The minimum absolute atomic E-state index is 0.00777. The third-order valence-corrected chi connectivity index (χ3v) is 3.97. The predicted molar refractivity (Wildman–Crippen MR) is 98.9 cm³/mol. The van der Waals surface area contributed by atoms with Crippen molar-refractivity contribution in [3.05, 3.63) is 41.6 Å². The molecule has 9 heteroatoms. The summed E-state index contributed by atoms with van der Waals surface area (Å²) in [6, 6.07) is 6.71. The van der Waals surface area contributed by atoms with Gasteiger partial charge in [0.1, 0.15) is 0 Å². The number of ether oxygens (including phenoxy) is 2. The van der Waals surface area contributed by atoms with Crippen molar-refractivity contribution in [3.8, 4) is 0 Å². The molecule has 148 valence electrons. The van der Waals surface area contributed by atoms with Crippen LogP contribution in [0.5, 0.6) is 0 Å². The van der Waals surface area contributed by atoms with Crippen molar-refractivity contribution in [1.29, 1.82) is 0 Å². The lowest BCUT2D eigenvalue weighted by Crippen LogP contribution is -2.47. The van der Waals surface area contributed by atoms with Crippen LogP contribution in [-0.4, -0.2) is 73.0 Å². The number of imide groups is 1. The lowest BCUT2D eigenvalue weighted by molar-refractivity contribution is -0.135. The van der Waals surface area contributed by atoms with Gasteiger partial charge in [-0.05, 0) is 17.7 Å². The quantitative estimate of drug-likeness (QED) is 0.155. The molecule has 9 nitrogen and oxygen atoms in total. The van der Waals surface area contributed by atoms with E-state index >= 15 is 0 Å². The molecule has 5 N–H and O–H groups in total. The number of hydrazine groups is 1. The zero-order valence-corrected chi connectivity index (χ0v) is 15.2. The number of β-lactam (4-membered cyclic amide) rings is 1. The lowest BCUT2D eigenvalue weighted by atomic mass is 10.1. The van der Waals surface area contributed by atoms with Gasteiger partial charge in [0.05, 0.1) is 45.3 Å². The highest BCUT2D eigenvalue weighted by Gasteiger charge is 2.30. The smallest absolute Gasteiger partial charge is 0.260 e. The van der Waals surface area contributed by atoms with E-state index in [-0.39, 0.29) is 18.4 Å². The van der Waals surface area contributed by atoms with Crippen LogP contribution >= 0.6 is 0 Å². The number of nitrogens with zero attached hydrogens (tertiary/aromatic N) is 2. The fourth-order valence-electron chi connectivity index (χ4n) is 2.37. The van der Waals surface area contributed by atoms with Crippen LogP contribution in [0.25, 0.3) is 5.70 Å². The first-order valence-corrected chi connectivity index (χ1v) is 8.73. The van der Waals surface area contributed by atoms with Crippen LogP contribution in [0.4, 0.5) is 0 Å². The van der Waals surface area contributed by atoms with E-state index in [1.54, 1.807) is 30.5 Å². The predicted octanol–water partition coefficient (Wildman–Crippen LogP) is -0.483. The minimum Gasteiger partial charge on any atom is -0.397 e. The molecule has 1 saturated heterocycles. The molecule has 1 heterocycles. The Kier molecular flexibility index (Phi) is 8.21. The zero-order chi connectivity index (χ0) is 19.6. The minimum atomic E-state index is -0.291. The molecule has 0 atom stereocenters. The van der Waals surface area contributed by atoms with Gasteiger partial charge < -0.3 is 25.3 Å². The van der Waals surface area contributed by atoms with E-state index in [0.29, 0.717) is 57.2 Å². The molecule has 1 fully saturated rings. The van der Waals surface area contributed by atoms with E-state index in [0.717, 1.165) is 5.56 Å². The van der Waals surface area contributed by atoms with Crippen molar-refractivity contribution in [1.82, 2.24) is 9.91 Å². The van der Waals surface area contributed by atoms with Crippen LogP contribution < -0.4 is 11.6 Å². The van der Waals surface area contributed by atoms with E-state index < -0.39 is 0 Å². The van der Waals surface area contributed by atoms with Crippen molar-refractivity contribution < 1.29 is 24.2 Å². The normalized spacial score (nSPS) is 14.2. The molecule has 1 aromatic carbocycles. The van der Waals surface area contributed by atoms with Crippen molar-refractivity contribution >= 4 is 17.5 Å². The molecule has 0 aromatic heterocycles. The second-order valence-corrected chi connectivity index (χ2v) is 5.95. The molecule has 1 aromatic rings. The Balaban J connectivity index is 1.77. The van der Waals surface area contributed by atoms with E-state index in [2.05, 4.69) is 0 Å². The van der Waals surface area contributed by atoms with Crippen molar-refractivity contribution in [2.45, 2.75) is 6.42 Å². The molecular formula is C18H26N4O5. The van der Waals surface area contributed by atoms with Crippen LogP contribution in [0.3, 0.4) is 0 Å². The number of aliphatic hydroxyl groups is 1. The Bertz CT molecular complexity index is 662. The van der Waals surface area contributed by atoms with Gasteiger partial charge >= 0.3 is 0 Å². The molecule has 2 rings (SSSR count). The van der Waals surface area contributed by atoms with Crippen LogP contribution in [0, 0.1) is 0 Å². The maximum Gasteiger partial charge on any atom is 0.260 e. The Labute approximate surface area is 158 Å². The molecule has 0 radical (unpaired) electrons. The van der Waals surface area contributed by atoms with Gasteiger partial charge in [0, 0.05) is 24.7 Å². The van der Waals surface area contributed by atoms with Gasteiger partial charge in [-0.3, -0.25) is 14.5 Å². The molecule has 2 amide bonds. The standard InChI is InChI=1S/C18H26N4O5/c19-16(13-21(20)7-9-26-11-12-27-10-8-23)14-1-3-15(4-2-14)18(25)22-6-5-17(22)24/h1-4,13,23H,5-12,19-20H2/b16-13-. The molecular weight excluding hydrogens is 352 g/mol. The number of benzene rings is 1. The number of carbonyl (C=O) groups excluding carboxylic acids is 2. The van der Waals surface area contributed by atoms with Gasteiger partial charge in [-0.15, -0.1) is 0 Å². The summed E-state index contributed by atoms with van der Waals surface area (Å²) >= 11 is 0. The molecule has 0 saturated carbocycles. The summed E-state index contributed by atoms with van der Waals surface area (Å²) in [5, 5.41) is 9.99. The van der Waals surface area contributed by atoms with Crippen molar-refractivity contribution in [2.75, 3.05) is 46.1 Å². The lowest BCUT2D eigenvalue weighted by Gasteiger charge is -2.28. The maximum atomic E-state index is 12.1. The van der Waals surface area contributed by atoms with Crippen LogP contribution in [0.2, 0.25) is 0 Å². The second kappa shape index (κ2) is 10.6. The summed E-state index contributed by atoms with van der Waals surface area (Å²) in [6.45, 7) is 2.43. The van der Waals surface area contributed by atoms with Crippen LogP contribution in [-0.2, 0) is 14.3 Å². The zero-order valence-electron chi connectivity index (χ0n) is 15.2. The Morgan fingerprint density at radius 3 is 2.33 bits per heavy atom. The number of likely N-dealkylation sites (tertiary alicyclic amines) is 1. The van der Waals surface area contributed by atoms with Crippen LogP contribution in [0.15, 0.2) is 30.5 Å². The van der Waals surface area contributed by atoms with Gasteiger partial charge in [-0.2, -0.15) is 0 Å². The summed E-state index contributed by atoms with van der Waals surface area (Å²) in [5.41, 5.74) is 7.64. The number of nitrogens with two attached hydrogens (primary N) is 2. The fourth-order valence-corrected chi connectivity index (χ4v) is 2.37. The van der Waals surface area contributed by atoms with E-state index in [1.807, 2.05) is 0 Å². The van der Waals surface area contributed by atoms with Crippen molar-refractivity contribution in [3.63, 3.8) is 0 Å². The van der Waals surface area contributed by atoms with Gasteiger partial charge in [0.2, 0.25) is 5.91 Å². The molecule has 0 aliphatic carbocycles. The summed E-state index contributed by atoms with van der Waals surface area (Å²) < 4.78 is 10.4. The first-order chi connectivity index (χ1) is 13.0. The number of hydrogen-bond acceptors (Lipinski definition) is 8. The first kappa shape index (κ1) is 20.8. The highest BCUT2D eigenvalue weighted by atomic mass is 16.5. The molecule has 1 aliphatic rings. The van der Waals surface area contributed by atoms with Gasteiger partial charge in [-0.25, -0.2) is 5.84 Å². The average Bonchev–Trinajstić information content (AvgIpc) is 2.66. The number of amides is 2.